The van der Waals surface area contributed by atoms with Crippen molar-refractivity contribution in [3.05, 3.63) is 66.0 Å². The van der Waals surface area contributed by atoms with Gasteiger partial charge in [0, 0.05) is 24.2 Å². The number of alkyl carbamates (subject to hydrolysis) is 1. The summed E-state index contributed by atoms with van der Waals surface area (Å²) in [6, 6.07) is 10.7. The first-order valence-electron chi connectivity index (χ1n) is 19.0. The molecule has 7 rings (SSSR count). The third kappa shape index (κ3) is 7.79. The SMILES string of the molecule is COC(=O)N[C@H](C(=O)N1CCC[C@H]1c1ncc(-c2ccc(-c3ccc(-c4cnc([C@@H]5CCCN5C(=O)[C@@H](NC(=O)P)C(C)C)[nH]4)c4ncsc34)cc2)[nH]1)C(C)C. The molecule has 5 heterocycles. The number of methoxy groups -OCH3 is 1. The number of amides is 4. The number of hydrogen-bond acceptors (Lipinski definition) is 9. The summed E-state index contributed by atoms with van der Waals surface area (Å²) in [6.07, 6.45) is 6.25. The summed E-state index contributed by atoms with van der Waals surface area (Å²) in [7, 11) is 3.39. The maximum absolute atomic E-state index is 13.6. The number of ether oxygens (including phenoxy) is 1. The average molecular weight is 798 g/mol. The highest BCUT2D eigenvalue weighted by molar-refractivity contribution is 7.39. The Balaban J connectivity index is 1.08. The fourth-order valence-electron chi connectivity index (χ4n) is 7.87. The van der Waals surface area contributed by atoms with E-state index in [-0.39, 0.29) is 41.4 Å². The molecule has 16 heteroatoms. The van der Waals surface area contributed by atoms with Crippen LogP contribution in [0.3, 0.4) is 0 Å². The predicted octanol–water partition coefficient (Wildman–Crippen LogP) is 7.06. The molecule has 56 heavy (non-hydrogen) atoms. The van der Waals surface area contributed by atoms with Crippen LogP contribution >= 0.6 is 20.6 Å². The minimum Gasteiger partial charge on any atom is -0.453 e. The van der Waals surface area contributed by atoms with E-state index in [1.165, 1.54) is 7.11 Å². The zero-order chi connectivity index (χ0) is 39.7. The van der Waals surface area contributed by atoms with Crippen molar-refractivity contribution in [2.75, 3.05) is 20.2 Å². The highest BCUT2D eigenvalue weighted by Crippen LogP contribution is 2.39. The molecule has 4 N–H and O–H groups in total. The lowest BCUT2D eigenvalue weighted by atomic mass is 10.00. The Kier molecular flexibility index (Phi) is 11.5. The fourth-order valence-corrected chi connectivity index (χ4v) is 8.90. The second kappa shape index (κ2) is 16.5. The normalized spacial score (nSPS) is 18.1. The number of aromatic nitrogens is 5. The number of rotatable bonds is 11. The standard InChI is InChI=1S/C40H48N9O5PS/c1-21(2)31(46-39(52)54-5)37(50)48-16-6-8-29(48)35-41-18-27(44-35)24-12-10-23(11-13-24)25-14-15-26(33-34(25)56-20-43-33)28-19-42-36(45-28)30-9-7-17-49(30)38(51)32(22(3)4)47-40(53)55/h10-15,18-22,29-32H,6-9,16-17,55H2,1-5H3,(H,41,44)(H,42,45)(H,46,52)(H,47,53)/t29-,30-,31-,32-/m0/s1. The second-order valence-electron chi connectivity index (χ2n) is 15.1. The second-order valence-corrected chi connectivity index (χ2v) is 16.5. The van der Waals surface area contributed by atoms with Crippen LogP contribution < -0.4 is 10.6 Å². The van der Waals surface area contributed by atoms with Gasteiger partial charge in [-0.3, -0.25) is 14.4 Å². The lowest BCUT2D eigenvalue weighted by molar-refractivity contribution is -0.136. The van der Waals surface area contributed by atoms with E-state index in [1.807, 2.05) is 49.2 Å². The van der Waals surface area contributed by atoms with Gasteiger partial charge in [0.15, 0.2) is 0 Å². The topological polar surface area (TPSA) is 178 Å². The number of thiazole rings is 1. The van der Waals surface area contributed by atoms with Crippen molar-refractivity contribution in [2.45, 2.75) is 77.5 Å². The van der Waals surface area contributed by atoms with E-state index in [0.717, 1.165) is 81.2 Å². The van der Waals surface area contributed by atoms with Crippen molar-refractivity contribution in [1.82, 2.24) is 45.4 Å². The van der Waals surface area contributed by atoms with Crippen molar-refractivity contribution in [3.8, 4) is 33.6 Å². The van der Waals surface area contributed by atoms with Crippen molar-refractivity contribution >= 4 is 54.3 Å². The van der Waals surface area contributed by atoms with Crippen LogP contribution in [-0.2, 0) is 14.3 Å². The molecular formula is C40H48N9O5PS. The Hall–Kier alpha value is -5.14. The molecule has 1 unspecified atom stereocenters. The molecule has 0 aliphatic carbocycles. The van der Waals surface area contributed by atoms with Crippen LogP contribution in [0.15, 0.2) is 54.3 Å². The molecule has 5 atom stereocenters. The molecule has 5 aromatic rings. The Labute approximate surface area is 331 Å². The first-order valence-corrected chi connectivity index (χ1v) is 20.5. The van der Waals surface area contributed by atoms with Crippen LogP contribution in [0.4, 0.5) is 9.59 Å². The number of hydrogen-bond donors (Lipinski definition) is 4. The minimum atomic E-state index is -0.693. The zero-order valence-corrected chi connectivity index (χ0v) is 34.1. The van der Waals surface area contributed by atoms with Gasteiger partial charge in [0.05, 0.1) is 58.7 Å². The molecule has 0 radical (unpaired) electrons. The third-order valence-corrected chi connectivity index (χ3v) is 11.8. The summed E-state index contributed by atoms with van der Waals surface area (Å²) in [5, 5.41) is 5.50. The monoisotopic (exact) mass is 797 g/mol. The Morgan fingerprint density at radius 1 is 0.768 bits per heavy atom. The van der Waals surface area contributed by atoms with Crippen LogP contribution in [0.25, 0.3) is 43.9 Å². The molecule has 0 bridgehead atoms. The summed E-state index contributed by atoms with van der Waals surface area (Å²) in [6.45, 7) is 8.86. The molecule has 2 aromatic carbocycles. The van der Waals surface area contributed by atoms with E-state index in [1.54, 1.807) is 17.5 Å². The van der Waals surface area contributed by atoms with Crippen molar-refractivity contribution in [1.29, 1.82) is 0 Å². The van der Waals surface area contributed by atoms with Gasteiger partial charge < -0.3 is 35.1 Å². The summed E-state index contributed by atoms with van der Waals surface area (Å²) >= 11 is 1.58. The number of benzene rings is 2. The first-order chi connectivity index (χ1) is 26.9. The first kappa shape index (κ1) is 39.1. The van der Waals surface area contributed by atoms with E-state index in [2.05, 4.69) is 66.2 Å². The Bertz CT molecular complexity index is 2230. The molecule has 2 aliphatic rings. The number of nitrogens with one attached hydrogen (secondary N) is 4. The van der Waals surface area contributed by atoms with Gasteiger partial charge in [0.1, 0.15) is 23.7 Å². The summed E-state index contributed by atoms with van der Waals surface area (Å²) in [4.78, 5) is 75.8. The number of carbonyl (C=O) groups is 4. The van der Waals surface area contributed by atoms with Gasteiger partial charge in [-0.15, -0.1) is 11.3 Å². The van der Waals surface area contributed by atoms with Gasteiger partial charge in [-0.25, -0.2) is 19.7 Å². The smallest absolute Gasteiger partial charge is 0.407 e. The average Bonchev–Trinajstić information content (AvgIpc) is 4.03. The Morgan fingerprint density at radius 3 is 1.88 bits per heavy atom. The number of aromatic amines is 2. The summed E-state index contributed by atoms with van der Waals surface area (Å²) in [5.41, 5.74) is 8.09. The van der Waals surface area contributed by atoms with E-state index in [9.17, 15) is 19.2 Å². The molecule has 2 fully saturated rings. The van der Waals surface area contributed by atoms with Crippen molar-refractivity contribution in [3.63, 3.8) is 0 Å². The Morgan fingerprint density at radius 2 is 1.30 bits per heavy atom. The van der Waals surface area contributed by atoms with Crippen molar-refractivity contribution < 1.29 is 23.9 Å². The van der Waals surface area contributed by atoms with Crippen LogP contribution in [0.1, 0.15) is 77.1 Å². The van der Waals surface area contributed by atoms with Crippen LogP contribution in [0.5, 0.6) is 0 Å². The number of likely N-dealkylation sites (tertiary alicyclic amines) is 2. The molecule has 2 saturated heterocycles. The third-order valence-electron chi connectivity index (χ3n) is 10.8. The van der Waals surface area contributed by atoms with E-state index in [0.29, 0.717) is 13.1 Å². The maximum atomic E-state index is 13.6. The minimum absolute atomic E-state index is 0.0547. The highest BCUT2D eigenvalue weighted by Gasteiger charge is 2.39. The lowest BCUT2D eigenvalue weighted by Gasteiger charge is -2.30. The van der Waals surface area contributed by atoms with Gasteiger partial charge in [0.2, 0.25) is 17.5 Å². The van der Waals surface area contributed by atoms with Gasteiger partial charge in [0.25, 0.3) is 0 Å². The van der Waals surface area contributed by atoms with Crippen LogP contribution in [0, 0.1) is 11.8 Å². The number of imidazole rings is 2. The van der Waals surface area contributed by atoms with Gasteiger partial charge >= 0.3 is 6.09 Å². The largest absolute Gasteiger partial charge is 0.453 e. The molecule has 2 aliphatic heterocycles. The van der Waals surface area contributed by atoms with E-state index >= 15 is 0 Å². The molecular weight excluding hydrogens is 750 g/mol. The number of fused-ring (bicyclic) bond motifs is 1. The number of H-pyrrole nitrogens is 2. The number of nitrogens with zero attached hydrogens (tertiary/aromatic N) is 5. The number of carbonyl (C=O) groups excluding carboxylic acids is 4. The quantitative estimate of drug-likeness (QED) is 0.103. The van der Waals surface area contributed by atoms with E-state index in [4.69, 9.17) is 19.7 Å². The summed E-state index contributed by atoms with van der Waals surface area (Å²) in [5.74, 6) is 1.03. The summed E-state index contributed by atoms with van der Waals surface area (Å²) < 4.78 is 5.81. The lowest BCUT2D eigenvalue weighted by Crippen LogP contribution is -2.51. The van der Waals surface area contributed by atoms with Crippen molar-refractivity contribution in [2.24, 2.45) is 11.8 Å². The molecule has 3 aromatic heterocycles. The highest BCUT2D eigenvalue weighted by atomic mass is 32.1. The van der Waals surface area contributed by atoms with Crippen LogP contribution in [-0.4, -0.2) is 90.6 Å². The molecule has 14 nitrogen and oxygen atoms in total. The van der Waals surface area contributed by atoms with Gasteiger partial charge in [-0.1, -0.05) is 58.0 Å². The van der Waals surface area contributed by atoms with Gasteiger partial charge in [-0.05, 0) is 64.0 Å². The molecule has 4 amide bonds. The fraction of sp³-hybridized carbons (Fsp3) is 0.425. The predicted molar refractivity (Wildman–Crippen MR) is 219 cm³/mol. The molecule has 294 valence electrons. The van der Waals surface area contributed by atoms with Gasteiger partial charge in [-0.2, -0.15) is 0 Å². The van der Waals surface area contributed by atoms with Crippen LogP contribution in [0.2, 0.25) is 0 Å². The molecule has 0 spiro atoms. The zero-order valence-electron chi connectivity index (χ0n) is 32.2. The van der Waals surface area contributed by atoms with E-state index < -0.39 is 18.2 Å². The molecule has 0 saturated carbocycles. The maximum Gasteiger partial charge on any atom is 0.407 e.